The van der Waals surface area contributed by atoms with Crippen molar-refractivity contribution in [1.82, 2.24) is 15.3 Å². The number of hydrogen-bond donors (Lipinski definition) is 3. The number of aliphatic imine (C=N–C) groups is 1. The molecule has 3 aliphatic rings. The highest BCUT2D eigenvalue weighted by molar-refractivity contribution is 6.30. The molecule has 0 aliphatic carbocycles. The Balaban J connectivity index is 1.76. The van der Waals surface area contributed by atoms with Crippen molar-refractivity contribution in [3.63, 3.8) is 0 Å². The van der Waals surface area contributed by atoms with Crippen molar-refractivity contribution in [3.05, 3.63) is 76.1 Å². The summed E-state index contributed by atoms with van der Waals surface area (Å²) in [5.41, 5.74) is 3.30. The van der Waals surface area contributed by atoms with Gasteiger partial charge >= 0.3 is 11.9 Å². The lowest BCUT2D eigenvalue weighted by Crippen LogP contribution is -2.53. The van der Waals surface area contributed by atoms with Crippen molar-refractivity contribution in [2.45, 2.75) is 51.2 Å². The van der Waals surface area contributed by atoms with E-state index in [-0.39, 0.29) is 23.2 Å². The number of carbonyl (C=O) groups excluding carboxylic acids is 1. The van der Waals surface area contributed by atoms with Crippen LogP contribution >= 0.6 is 11.6 Å². The van der Waals surface area contributed by atoms with Crippen molar-refractivity contribution >= 4 is 29.5 Å². The molecule has 3 heterocycles. The van der Waals surface area contributed by atoms with Gasteiger partial charge in [0.1, 0.15) is 29.1 Å². The standard InChI is InChI=1S/C25H25ClN4O6/c1-13(21(32)33)29-23-27-20-18(22(34)36-24(2,3)35-20)19(14-9-11-15(26)12-10-14)30(23)28-25(29,4)16-7-5-6-8-17(16)31/h5-13,19,28,31H,1-4H3,(H,32,33). The highest BCUT2D eigenvalue weighted by atomic mass is 35.5. The molecule has 1 saturated heterocycles. The number of para-hydroxylation sites is 1. The van der Waals surface area contributed by atoms with Crippen molar-refractivity contribution < 1.29 is 29.3 Å². The molecule has 3 unspecified atom stereocenters. The summed E-state index contributed by atoms with van der Waals surface area (Å²) in [6.07, 6.45) is 0. The normalized spacial score (nSPS) is 25.4. The summed E-state index contributed by atoms with van der Waals surface area (Å²) in [4.78, 5) is 31.7. The Hall–Kier alpha value is -3.76. The number of hydrogen-bond acceptors (Lipinski definition) is 9. The third kappa shape index (κ3) is 3.64. The van der Waals surface area contributed by atoms with Crippen LogP contribution in [-0.2, 0) is 24.7 Å². The van der Waals surface area contributed by atoms with Gasteiger partial charge in [0.05, 0.1) is 0 Å². The maximum absolute atomic E-state index is 13.2. The van der Waals surface area contributed by atoms with E-state index in [0.717, 1.165) is 0 Å². The van der Waals surface area contributed by atoms with E-state index in [4.69, 9.17) is 21.1 Å². The molecule has 188 valence electrons. The number of aromatic hydroxyl groups is 1. The number of esters is 1. The van der Waals surface area contributed by atoms with Crippen LogP contribution in [0.3, 0.4) is 0 Å². The van der Waals surface area contributed by atoms with Gasteiger partial charge in [-0.2, -0.15) is 4.99 Å². The van der Waals surface area contributed by atoms with Gasteiger partial charge in [0.25, 0.3) is 5.79 Å². The first-order chi connectivity index (χ1) is 16.9. The molecule has 3 atom stereocenters. The summed E-state index contributed by atoms with van der Waals surface area (Å²) >= 11 is 6.13. The molecule has 2 aromatic carbocycles. The molecular weight excluding hydrogens is 488 g/mol. The highest BCUT2D eigenvalue weighted by Crippen LogP contribution is 2.47. The molecule has 0 spiro atoms. The summed E-state index contributed by atoms with van der Waals surface area (Å²) in [5.74, 6) is -2.78. The summed E-state index contributed by atoms with van der Waals surface area (Å²) in [7, 11) is 0. The van der Waals surface area contributed by atoms with Crippen LogP contribution in [0.25, 0.3) is 0 Å². The van der Waals surface area contributed by atoms with E-state index in [2.05, 4.69) is 10.4 Å². The Kier molecular flexibility index (Phi) is 5.42. The van der Waals surface area contributed by atoms with E-state index in [9.17, 15) is 19.8 Å². The number of nitrogens with zero attached hydrogens (tertiary/aromatic N) is 3. The first-order valence-electron chi connectivity index (χ1n) is 11.3. The fourth-order valence-electron chi connectivity index (χ4n) is 4.85. The first-order valence-corrected chi connectivity index (χ1v) is 11.7. The molecule has 5 rings (SSSR count). The van der Waals surface area contributed by atoms with E-state index in [1.54, 1.807) is 73.1 Å². The average molecular weight is 513 g/mol. The Bertz CT molecular complexity index is 1320. The van der Waals surface area contributed by atoms with Gasteiger partial charge in [-0.1, -0.05) is 41.9 Å². The molecular formula is C25H25ClN4O6. The third-order valence-corrected chi connectivity index (χ3v) is 6.73. The van der Waals surface area contributed by atoms with Crippen LogP contribution in [0, 0.1) is 0 Å². The molecule has 0 amide bonds. The monoisotopic (exact) mass is 512 g/mol. The number of rotatable bonds is 4. The fraction of sp³-hybridized carbons (Fsp3) is 0.320. The van der Waals surface area contributed by atoms with Crippen molar-refractivity contribution in [2.24, 2.45) is 4.99 Å². The third-order valence-electron chi connectivity index (χ3n) is 6.47. The number of carboxylic acid groups (broad SMARTS) is 1. The van der Waals surface area contributed by atoms with Crippen LogP contribution in [-0.4, -0.2) is 49.8 Å². The summed E-state index contributed by atoms with van der Waals surface area (Å²) in [6, 6.07) is 11.7. The Morgan fingerprint density at radius 2 is 1.81 bits per heavy atom. The number of nitrogens with one attached hydrogen (secondary N) is 1. The number of fused-ring (bicyclic) bond motifs is 1. The predicted molar refractivity (Wildman–Crippen MR) is 129 cm³/mol. The molecule has 3 N–H and O–H groups in total. The highest BCUT2D eigenvalue weighted by Gasteiger charge is 2.57. The fourth-order valence-corrected chi connectivity index (χ4v) is 4.98. The Morgan fingerprint density at radius 3 is 2.44 bits per heavy atom. The van der Waals surface area contributed by atoms with E-state index < -0.39 is 35.5 Å². The molecule has 0 aromatic heterocycles. The zero-order valence-corrected chi connectivity index (χ0v) is 20.8. The maximum Gasteiger partial charge on any atom is 0.345 e. The number of halogens is 1. The molecule has 0 saturated carbocycles. The van der Waals surface area contributed by atoms with Gasteiger partial charge in [0.15, 0.2) is 0 Å². The van der Waals surface area contributed by atoms with E-state index in [0.29, 0.717) is 16.1 Å². The van der Waals surface area contributed by atoms with Crippen LogP contribution in [0.5, 0.6) is 5.75 Å². The molecule has 0 bridgehead atoms. The average Bonchev–Trinajstić information content (AvgIpc) is 3.09. The lowest BCUT2D eigenvalue weighted by molar-refractivity contribution is -0.209. The van der Waals surface area contributed by atoms with E-state index in [1.807, 2.05) is 0 Å². The lowest BCUT2D eigenvalue weighted by Gasteiger charge is -2.40. The SMILES string of the molecule is CC(C(=O)O)N1C2=NC3=C(C(=O)OC(C)(C)O3)C(c3ccc(Cl)cc3)N2NC1(C)c1ccccc1O. The Morgan fingerprint density at radius 1 is 1.14 bits per heavy atom. The second-order valence-corrected chi connectivity index (χ2v) is 9.87. The zero-order valence-electron chi connectivity index (χ0n) is 20.0. The van der Waals surface area contributed by atoms with Gasteiger partial charge in [-0.3, -0.25) is 5.01 Å². The Labute approximate surface area is 212 Å². The summed E-state index contributed by atoms with van der Waals surface area (Å²) < 4.78 is 11.5. The van der Waals surface area contributed by atoms with Gasteiger partial charge in [-0.25, -0.2) is 15.0 Å². The maximum atomic E-state index is 13.2. The van der Waals surface area contributed by atoms with Crippen molar-refractivity contribution in [2.75, 3.05) is 0 Å². The second-order valence-electron chi connectivity index (χ2n) is 9.43. The van der Waals surface area contributed by atoms with Gasteiger partial charge in [0, 0.05) is 24.4 Å². The number of phenols is 1. The largest absolute Gasteiger partial charge is 0.508 e. The number of carboxylic acids is 1. The number of benzene rings is 2. The minimum Gasteiger partial charge on any atom is -0.508 e. The molecule has 3 aliphatic heterocycles. The van der Waals surface area contributed by atoms with Crippen LogP contribution < -0.4 is 5.43 Å². The minimum atomic E-state index is -1.27. The van der Waals surface area contributed by atoms with Crippen LogP contribution in [0.4, 0.5) is 0 Å². The minimum absolute atomic E-state index is 0.0342. The molecule has 11 heteroatoms. The van der Waals surface area contributed by atoms with E-state index in [1.165, 1.54) is 13.0 Å². The number of guanidine groups is 1. The number of carbonyl (C=O) groups is 2. The summed E-state index contributed by atoms with van der Waals surface area (Å²) in [6.45, 7) is 6.45. The molecule has 36 heavy (non-hydrogen) atoms. The number of cyclic esters (lactones) is 1. The number of aliphatic carboxylic acids is 1. The van der Waals surface area contributed by atoms with Crippen molar-refractivity contribution in [3.8, 4) is 5.75 Å². The molecule has 0 radical (unpaired) electrons. The summed E-state index contributed by atoms with van der Waals surface area (Å²) in [5, 5.41) is 22.9. The molecule has 1 fully saturated rings. The van der Waals surface area contributed by atoms with Crippen LogP contribution in [0.15, 0.2) is 65.0 Å². The smallest absolute Gasteiger partial charge is 0.345 e. The quantitative estimate of drug-likeness (QED) is 0.528. The van der Waals surface area contributed by atoms with E-state index >= 15 is 0 Å². The van der Waals surface area contributed by atoms with Crippen molar-refractivity contribution in [1.29, 1.82) is 0 Å². The molecule has 2 aromatic rings. The number of hydrazine groups is 1. The number of phenolic OH excluding ortho intramolecular Hbond substituents is 1. The van der Waals surface area contributed by atoms with Gasteiger partial charge in [-0.05, 0) is 37.6 Å². The van der Waals surface area contributed by atoms with Gasteiger partial charge in [0.2, 0.25) is 11.8 Å². The second kappa shape index (κ2) is 8.14. The first kappa shape index (κ1) is 24.0. The topological polar surface area (TPSA) is 124 Å². The molecule has 10 nitrogen and oxygen atoms in total. The van der Waals surface area contributed by atoms with Gasteiger partial charge < -0.3 is 24.6 Å². The predicted octanol–water partition coefficient (Wildman–Crippen LogP) is 3.45. The van der Waals surface area contributed by atoms with Crippen LogP contribution in [0.2, 0.25) is 5.02 Å². The van der Waals surface area contributed by atoms with Crippen LogP contribution in [0.1, 0.15) is 44.9 Å². The van der Waals surface area contributed by atoms with Gasteiger partial charge in [-0.15, -0.1) is 0 Å². The lowest BCUT2D eigenvalue weighted by atomic mass is 9.96. The number of ether oxygens (including phenoxy) is 2. The zero-order chi connectivity index (χ0) is 26.0.